The molecule has 3 aromatic heterocycles. The second-order valence-corrected chi connectivity index (χ2v) is 8.21. The summed E-state index contributed by atoms with van der Waals surface area (Å²) in [5.41, 5.74) is 0.420. The highest BCUT2D eigenvalue weighted by Gasteiger charge is 2.31. The number of aromatic nitrogens is 5. The molecule has 0 saturated carbocycles. The van der Waals surface area contributed by atoms with Crippen molar-refractivity contribution in [1.82, 2.24) is 24.7 Å². The number of thiophene rings is 1. The van der Waals surface area contributed by atoms with Crippen molar-refractivity contribution in [1.29, 1.82) is 0 Å². The zero-order chi connectivity index (χ0) is 22.3. The van der Waals surface area contributed by atoms with Gasteiger partial charge in [-0.3, -0.25) is 4.79 Å². The number of hydrogen-bond donors (Lipinski definition) is 1. The predicted octanol–water partition coefficient (Wildman–Crippen LogP) is 3.80. The van der Waals surface area contributed by atoms with Gasteiger partial charge in [0.05, 0.1) is 22.3 Å². The summed E-state index contributed by atoms with van der Waals surface area (Å²) >= 11 is 1.59. The van der Waals surface area contributed by atoms with Crippen LogP contribution in [0.2, 0.25) is 0 Å². The summed E-state index contributed by atoms with van der Waals surface area (Å²) in [7, 11) is 0. The number of nitrogens with one attached hydrogen (secondary N) is 1. The molecule has 1 aromatic carbocycles. The second-order valence-electron chi connectivity index (χ2n) is 7.12. The summed E-state index contributed by atoms with van der Waals surface area (Å²) in [4.78, 5) is 26.9. The van der Waals surface area contributed by atoms with E-state index in [4.69, 9.17) is 4.74 Å². The minimum absolute atomic E-state index is 0.0665. The summed E-state index contributed by atoms with van der Waals surface area (Å²) in [6.45, 7) is -0.427. The number of nitrogens with zero attached hydrogens (tertiary/aromatic N) is 5. The van der Waals surface area contributed by atoms with Crippen LogP contribution in [0.4, 0.5) is 18.9 Å². The number of fused-ring (bicyclic) bond motifs is 3. The standard InChI is InChI=1S/C20H15F3N6O2S/c21-20(22,23)11-4-5-14(29-10-24-8-27-29)13(6-11)28-16(30)7-31-18-17-12-2-1-3-15(12)32-19(17)26-9-25-18/h4-6,8-10H,1-3,7H2,(H,28,30). The Labute approximate surface area is 183 Å². The molecule has 0 spiro atoms. The monoisotopic (exact) mass is 460 g/mol. The lowest BCUT2D eigenvalue weighted by Crippen LogP contribution is -2.22. The van der Waals surface area contributed by atoms with Crippen LogP contribution in [-0.2, 0) is 23.8 Å². The van der Waals surface area contributed by atoms with Crippen molar-refractivity contribution in [2.24, 2.45) is 0 Å². The van der Waals surface area contributed by atoms with Crippen LogP contribution in [0.5, 0.6) is 5.88 Å². The highest BCUT2D eigenvalue weighted by Crippen LogP contribution is 2.40. The van der Waals surface area contributed by atoms with Gasteiger partial charge < -0.3 is 10.1 Å². The van der Waals surface area contributed by atoms with Crippen LogP contribution in [0.15, 0.2) is 37.2 Å². The maximum Gasteiger partial charge on any atom is 0.416 e. The van der Waals surface area contributed by atoms with Gasteiger partial charge in [-0.1, -0.05) is 0 Å². The number of carbonyl (C=O) groups is 1. The van der Waals surface area contributed by atoms with E-state index in [0.717, 1.165) is 47.2 Å². The third-order valence-electron chi connectivity index (χ3n) is 5.07. The second kappa shape index (κ2) is 7.86. The number of halogens is 3. The lowest BCUT2D eigenvalue weighted by Gasteiger charge is -2.14. The first-order valence-electron chi connectivity index (χ1n) is 9.64. The summed E-state index contributed by atoms with van der Waals surface area (Å²) in [5, 5.41) is 7.22. The van der Waals surface area contributed by atoms with Gasteiger partial charge in [0.2, 0.25) is 5.88 Å². The van der Waals surface area contributed by atoms with Gasteiger partial charge in [-0.2, -0.15) is 18.3 Å². The van der Waals surface area contributed by atoms with E-state index in [0.29, 0.717) is 5.88 Å². The van der Waals surface area contributed by atoms with Crippen molar-refractivity contribution in [3.63, 3.8) is 0 Å². The minimum Gasteiger partial charge on any atom is -0.467 e. The summed E-state index contributed by atoms with van der Waals surface area (Å²) in [5.74, 6) is -0.339. The molecule has 0 radical (unpaired) electrons. The third-order valence-corrected chi connectivity index (χ3v) is 6.27. The number of ether oxygens (including phenoxy) is 1. The van der Waals surface area contributed by atoms with Gasteiger partial charge in [0, 0.05) is 4.88 Å². The quantitative estimate of drug-likeness (QED) is 0.487. The first kappa shape index (κ1) is 20.4. The highest BCUT2D eigenvalue weighted by molar-refractivity contribution is 7.18. The fraction of sp³-hybridized carbons (Fsp3) is 0.250. The minimum atomic E-state index is -4.57. The van der Waals surface area contributed by atoms with Crippen LogP contribution in [0.1, 0.15) is 22.4 Å². The molecule has 1 amide bonds. The van der Waals surface area contributed by atoms with Gasteiger partial charge in [-0.05, 0) is 43.0 Å². The molecule has 3 heterocycles. The molecule has 32 heavy (non-hydrogen) atoms. The Morgan fingerprint density at radius 2 is 2.09 bits per heavy atom. The van der Waals surface area contributed by atoms with E-state index in [1.54, 1.807) is 11.3 Å². The number of amides is 1. The normalized spacial score (nSPS) is 13.3. The third kappa shape index (κ3) is 3.77. The largest absolute Gasteiger partial charge is 0.467 e. The molecule has 0 unspecified atom stereocenters. The highest BCUT2D eigenvalue weighted by atomic mass is 32.1. The smallest absolute Gasteiger partial charge is 0.416 e. The molecular weight excluding hydrogens is 445 g/mol. The van der Waals surface area contributed by atoms with E-state index in [2.05, 4.69) is 25.4 Å². The molecule has 0 saturated heterocycles. The van der Waals surface area contributed by atoms with Crippen LogP contribution in [0, 0.1) is 0 Å². The van der Waals surface area contributed by atoms with Gasteiger partial charge in [-0.25, -0.2) is 19.6 Å². The Morgan fingerprint density at radius 1 is 1.22 bits per heavy atom. The van der Waals surface area contributed by atoms with Gasteiger partial charge in [0.15, 0.2) is 6.61 Å². The molecule has 1 N–H and O–H groups in total. The molecule has 5 rings (SSSR count). The van der Waals surface area contributed by atoms with Crippen LogP contribution >= 0.6 is 11.3 Å². The van der Waals surface area contributed by atoms with Crippen molar-refractivity contribution >= 4 is 33.1 Å². The van der Waals surface area contributed by atoms with E-state index in [1.807, 2.05) is 0 Å². The first-order valence-corrected chi connectivity index (χ1v) is 10.5. The van der Waals surface area contributed by atoms with Crippen LogP contribution in [0.25, 0.3) is 15.9 Å². The maximum atomic E-state index is 13.2. The van der Waals surface area contributed by atoms with Crippen molar-refractivity contribution in [2.45, 2.75) is 25.4 Å². The van der Waals surface area contributed by atoms with Crippen LogP contribution in [0.3, 0.4) is 0 Å². The Balaban J connectivity index is 1.38. The fourth-order valence-electron chi connectivity index (χ4n) is 3.67. The Morgan fingerprint density at radius 3 is 2.88 bits per heavy atom. The molecule has 164 valence electrons. The number of rotatable bonds is 5. The maximum absolute atomic E-state index is 13.2. The van der Waals surface area contributed by atoms with Crippen molar-refractivity contribution in [3.05, 3.63) is 53.2 Å². The van der Waals surface area contributed by atoms with Gasteiger partial charge >= 0.3 is 6.18 Å². The molecule has 1 aliphatic carbocycles. The Kier molecular flexibility index (Phi) is 5.00. The van der Waals surface area contributed by atoms with Crippen LogP contribution < -0.4 is 10.1 Å². The molecule has 0 aliphatic heterocycles. The predicted molar refractivity (Wildman–Crippen MR) is 110 cm³/mol. The van der Waals surface area contributed by atoms with Gasteiger partial charge in [0.25, 0.3) is 5.91 Å². The van der Waals surface area contributed by atoms with Gasteiger partial charge in [-0.15, -0.1) is 11.3 Å². The van der Waals surface area contributed by atoms with Crippen molar-refractivity contribution < 1.29 is 22.7 Å². The zero-order valence-corrected chi connectivity index (χ0v) is 17.2. The number of anilines is 1. The molecular formula is C20H15F3N6O2S. The Bertz CT molecular complexity index is 1300. The molecule has 1 aliphatic rings. The van der Waals surface area contributed by atoms with E-state index in [-0.39, 0.29) is 11.4 Å². The zero-order valence-electron chi connectivity index (χ0n) is 16.4. The van der Waals surface area contributed by atoms with Crippen molar-refractivity contribution in [3.8, 4) is 11.6 Å². The fourth-order valence-corrected chi connectivity index (χ4v) is 4.89. The number of benzene rings is 1. The average Bonchev–Trinajstić information content (AvgIpc) is 3.49. The summed E-state index contributed by atoms with van der Waals surface area (Å²) in [6, 6.07) is 2.98. The van der Waals surface area contributed by atoms with Gasteiger partial charge in [0.1, 0.15) is 23.8 Å². The van der Waals surface area contributed by atoms with Crippen LogP contribution in [-0.4, -0.2) is 37.2 Å². The lowest BCUT2D eigenvalue weighted by atomic mass is 10.1. The van der Waals surface area contributed by atoms with E-state index in [9.17, 15) is 18.0 Å². The summed E-state index contributed by atoms with van der Waals surface area (Å²) < 4.78 is 46.5. The number of aryl methyl sites for hydroxylation is 2. The number of carbonyl (C=O) groups excluding carboxylic acids is 1. The number of alkyl halides is 3. The molecule has 0 atom stereocenters. The molecule has 0 bridgehead atoms. The Hall–Kier alpha value is -3.54. The van der Waals surface area contributed by atoms with Crippen molar-refractivity contribution in [2.75, 3.05) is 11.9 Å². The molecule has 8 nitrogen and oxygen atoms in total. The molecule has 4 aromatic rings. The van der Waals surface area contributed by atoms with E-state index >= 15 is 0 Å². The SMILES string of the molecule is O=C(COc1ncnc2sc3c(c12)CCC3)Nc1cc(C(F)(F)F)ccc1-n1cncn1. The lowest BCUT2D eigenvalue weighted by molar-refractivity contribution is -0.137. The number of hydrogen-bond acceptors (Lipinski definition) is 7. The molecule has 0 fully saturated rings. The summed E-state index contributed by atoms with van der Waals surface area (Å²) in [6.07, 6.45) is 2.30. The molecule has 12 heteroatoms. The van der Waals surface area contributed by atoms with E-state index in [1.165, 1.54) is 34.6 Å². The average molecular weight is 460 g/mol. The van der Waals surface area contributed by atoms with E-state index < -0.39 is 24.3 Å². The topological polar surface area (TPSA) is 94.8 Å². The first-order chi connectivity index (χ1) is 15.4.